The molecule has 3 rings (SSSR count). The van der Waals surface area contributed by atoms with Gasteiger partial charge in [-0.1, -0.05) is 22.0 Å². The van der Waals surface area contributed by atoms with Crippen LogP contribution in [0.3, 0.4) is 0 Å². The fourth-order valence-electron chi connectivity index (χ4n) is 2.92. The standard InChI is InChI=1S/C23H19BrN6O7/c1-12(22(32)33)26-19-18(30(34)35)20(36-17-8-13(11-25)7-15(24)10-17)28-23(27-19)37-16-6-4-5-14(9-16)21(31)29(2)3/h4-10,12H,1-3H3,(H,32,33)(H,26,27,28). The van der Waals surface area contributed by atoms with Gasteiger partial charge >= 0.3 is 23.5 Å². The molecule has 1 atom stereocenters. The monoisotopic (exact) mass is 570 g/mol. The zero-order valence-electron chi connectivity index (χ0n) is 19.6. The van der Waals surface area contributed by atoms with Crippen LogP contribution in [-0.2, 0) is 4.79 Å². The lowest BCUT2D eigenvalue weighted by molar-refractivity contribution is -0.385. The highest BCUT2D eigenvalue weighted by molar-refractivity contribution is 9.10. The average Bonchev–Trinajstić information content (AvgIpc) is 2.82. The van der Waals surface area contributed by atoms with Crippen molar-refractivity contribution in [2.24, 2.45) is 0 Å². The summed E-state index contributed by atoms with van der Waals surface area (Å²) in [6, 6.07) is 10.6. The molecule has 0 spiro atoms. The van der Waals surface area contributed by atoms with Gasteiger partial charge in [0, 0.05) is 24.1 Å². The van der Waals surface area contributed by atoms with Crippen LogP contribution in [0, 0.1) is 21.4 Å². The molecule has 1 amide bonds. The summed E-state index contributed by atoms with van der Waals surface area (Å²) >= 11 is 3.23. The number of carboxylic acids is 1. The second-order valence-electron chi connectivity index (χ2n) is 7.69. The van der Waals surface area contributed by atoms with Gasteiger partial charge in [-0.2, -0.15) is 15.2 Å². The number of nitriles is 1. The van der Waals surface area contributed by atoms with Crippen molar-refractivity contribution in [1.82, 2.24) is 14.9 Å². The summed E-state index contributed by atoms with van der Waals surface area (Å²) in [6.45, 7) is 1.26. The Bertz CT molecular complexity index is 1420. The molecule has 2 N–H and O–H groups in total. The summed E-state index contributed by atoms with van der Waals surface area (Å²) in [5, 5.41) is 32.9. The van der Waals surface area contributed by atoms with E-state index in [1.807, 2.05) is 6.07 Å². The van der Waals surface area contributed by atoms with Gasteiger partial charge < -0.3 is 24.8 Å². The van der Waals surface area contributed by atoms with Crippen LogP contribution in [0.4, 0.5) is 11.5 Å². The van der Waals surface area contributed by atoms with Crippen LogP contribution in [0.5, 0.6) is 23.4 Å². The van der Waals surface area contributed by atoms with E-state index >= 15 is 0 Å². The minimum Gasteiger partial charge on any atom is -0.480 e. The van der Waals surface area contributed by atoms with Crippen molar-refractivity contribution in [2.75, 3.05) is 19.4 Å². The second kappa shape index (κ2) is 11.3. The largest absolute Gasteiger partial charge is 0.480 e. The molecule has 0 radical (unpaired) electrons. The molecule has 190 valence electrons. The average molecular weight is 571 g/mol. The van der Waals surface area contributed by atoms with Gasteiger partial charge in [0.05, 0.1) is 16.6 Å². The van der Waals surface area contributed by atoms with Crippen LogP contribution in [0.2, 0.25) is 0 Å². The SMILES string of the molecule is CC(Nc1nc(Oc2cccc(C(=O)N(C)C)c2)nc(Oc2cc(Br)cc(C#N)c2)c1[N+](=O)[O-])C(=O)O. The Kier molecular flexibility index (Phi) is 8.20. The molecule has 0 saturated carbocycles. The van der Waals surface area contributed by atoms with E-state index in [1.54, 1.807) is 26.2 Å². The molecule has 1 unspecified atom stereocenters. The first-order valence-electron chi connectivity index (χ1n) is 10.4. The number of halogens is 1. The highest BCUT2D eigenvalue weighted by Gasteiger charge is 2.30. The molecule has 1 heterocycles. The maximum Gasteiger partial charge on any atom is 0.373 e. The molecule has 37 heavy (non-hydrogen) atoms. The maximum atomic E-state index is 12.3. The van der Waals surface area contributed by atoms with Crippen LogP contribution in [0.25, 0.3) is 0 Å². The minimum atomic E-state index is -1.29. The number of carbonyl (C=O) groups excluding carboxylic acids is 1. The van der Waals surface area contributed by atoms with Gasteiger partial charge in [0.15, 0.2) is 0 Å². The summed E-state index contributed by atoms with van der Waals surface area (Å²) in [5.74, 6) is -2.46. The summed E-state index contributed by atoms with van der Waals surface area (Å²) in [5.41, 5.74) is -0.245. The molecule has 0 aliphatic carbocycles. The Hall–Kier alpha value is -4.77. The van der Waals surface area contributed by atoms with E-state index in [0.717, 1.165) is 0 Å². The van der Waals surface area contributed by atoms with E-state index in [9.17, 15) is 30.1 Å². The number of carbonyl (C=O) groups is 2. The fraction of sp³-hybridized carbons (Fsp3) is 0.174. The van der Waals surface area contributed by atoms with E-state index in [-0.39, 0.29) is 23.0 Å². The Balaban J connectivity index is 2.12. The van der Waals surface area contributed by atoms with E-state index in [2.05, 4.69) is 31.2 Å². The Morgan fingerprint density at radius 2 is 1.92 bits per heavy atom. The number of nitrogens with zero attached hydrogens (tertiary/aromatic N) is 5. The molecule has 13 nitrogen and oxygen atoms in total. The lowest BCUT2D eigenvalue weighted by Crippen LogP contribution is -2.26. The first kappa shape index (κ1) is 26.8. The van der Waals surface area contributed by atoms with Crippen LogP contribution in [-0.4, -0.2) is 56.9 Å². The smallest absolute Gasteiger partial charge is 0.373 e. The van der Waals surface area contributed by atoms with Gasteiger partial charge in [-0.3, -0.25) is 19.7 Å². The number of ether oxygens (including phenoxy) is 2. The molecule has 0 aliphatic heterocycles. The number of nitrogens with one attached hydrogen (secondary N) is 1. The van der Waals surface area contributed by atoms with Crippen LogP contribution in [0.15, 0.2) is 46.9 Å². The molecule has 3 aromatic rings. The third-order valence-corrected chi connectivity index (χ3v) is 5.11. The minimum absolute atomic E-state index is 0.0366. The van der Waals surface area contributed by atoms with Crippen molar-refractivity contribution in [1.29, 1.82) is 5.26 Å². The van der Waals surface area contributed by atoms with E-state index in [1.165, 1.54) is 42.2 Å². The second-order valence-corrected chi connectivity index (χ2v) is 8.60. The summed E-state index contributed by atoms with van der Waals surface area (Å²) in [4.78, 5) is 44.2. The number of carboxylic acid groups (broad SMARTS) is 1. The summed E-state index contributed by atoms with van der Waals surface area (Å²) < 4.78 is 11.8. The third kappa shape index (κ3) is 6.67. The van der Waals surface area contributed by atoms with Crippen LogP contribution < -0.4 is 14.8 Å². The predicted octanol–water partition coefficient (Wildman–Crippen LogP) is 4.19. The molecule has 0 bridgehead atoms. The van der Waals surface area contributed by atoms with Crippen molar-refractivity contribution in [3.63, 3.8) is 0 Å². The highest BCUT2D eigenvalue weighted by atomic mass is 79.9. The highest BCUT2D eigenvalue weighted by Crippen LogP contribution is 2.38. The van der Waals surface area contributed by atoms with E-state index in [0.29, 0.717) is 10.0 Å². The maximum absolute atomic E-state index is 12.3. The zero-order chi connectivity index (χ0) is 27.3. The molecule has 0 saturated heterocycles. The molecule has 1 aromatic heterocycles. The number of rotatable bonds is 9. The number of aromatic nitrogens is 2. The number of anilines is 1. The lowest BCUT2D eigenvalue weighted by atomic mass is 10.2. The Labute approximate surface area is 218 Å². The van der Waals surface area contributed by atoms with Gasteiger partial charge in [0.25, 0.3) is 5.91 Å². The Morgan fingerprint density at radius 1 is 1.19 bits per heavy atom. The Morgan fingerprint density at radius 3 is 2.54 bits per heavy atom. The van der Waals surface area contributed by atoms with Crippen molar-refractivity contribution < 1.29 is 29.1 Å². The number of hydrogen-bond acceptors (Lipinski definition) is 10. The van der Waals surface area contributed by atoms with Gasteiger partial charge in [0.1, 0.15) is 17.5 Å². The van der Waals surface area contributed by atoms with E-state index < -0.39 is 40.3 Å². The van der Waals surface area contributed by atoms with Crippen LogP contribution in [0.1, 0.15) is 22.8 Å². The van der Waals surface area contributed by atoms with Crippen molar-refractivity contribution in [3.8, 4) is 29.5 Å². The summed E-state index contributed by atoms with van der Waals surface area (Å²) in [6.07, 6.45) is 0. The topological polar surface area (TPSA) is 181 Å². The number of benzene rings is 2. The molecular formula is C23H19BrN6O7. The zero-order valence-corrected chi connectivity index (χ0v) is 21.2. The predicted molar refractivity (Wildman–Crippen MR) is 133 cm³/mol. The van der Waals surface area contributed by atoms with Crippen molar-refractivity contribution in [3.05, 3.63) is 68.2 Å². The molecule has 2 aromatic carbocycles. The molecule has 0 fully saturated rings. The quantitative estimate of drug-likeness (QED) is 0.278. The van der Waals surface area contributed by atoms with Gasteiger partial charge in [0.2, 0.25) is 5.82 Å². The fourth-order valence-corrected chi connectivity index (χ4v) is 3.39. The number of aliphatic carboxylic acids is 1. The number of amides is 1. The first-order valence-corrected chi connectivity index (χ1v) is 11.2. The van der Waals surface area contributed by atoms with Gasteiger partial charge in [-0.25, -0.2) is 0 Å². The van der Waals surface area contributed by atoms with Gasteiger partial charge in [-0.05, 0) is 43.3 Å². The summed E-state index contributed by atoms with van der Waals surface area (Å²) in [7, 11) is 3.17. The van der Waals surface area contributed by atoms with Crippen molar-refractivity contribution in [2.45, 2.75) is 13.0 Å². The molecule has 0 aliphatic rings. The van der Waals surface area contributed by atoms with E-state index in [4.69, 9.17) is 9.47 Å². The lowest BCUT2D eigenvalue weighted by Gasteiger charge is -2.14. The molecule has 14 heteroatoms. The number of nitro groups is 1. The van der Waals surface area contributed by atoms with Gasteiger partial charge in [-0.15, -0.1) is 0 Å². The molecular weight excluding hydrogens is 552 g/mol. The normalized spacial score (nSPS) is 11.1. The number of hydrogen-bond donors (Lipinski definition) is 2. The third-order valence-electron chi connectivity index (χ3n) is 4.65. The van der Waals surface area contributed by atoms with Crippen LogP contribution >= 0.6 is 15.9 Å². The van der Waals surface area contributed by atoms with Crippen molar-refractivity contribution >= 4 is 39.3 Å². The first-order chi connectivity index (χ1) is 17.5.